The van der Waals surface area contributed by atoms with E-state index in [-0.39, 0.29) is 29.7 Å². The number of rotatable bonds is 5. The lowest BCUT2D eigenvalue weighted by Crippen LogP contribution is -2.41. The lowest BCUT2D eigenvalue weighted by Gasteiger charge is -2.32. The Morgan fingerprint density at radius 3 is 2.64 bits per heavy atom. The number of benzene rings is 1. The summed E-state index contributed by atoms with van der Waals surface area (Å²) in [5.74, 6) is 0.365. The van der Waals surface area contributed by atoms with Crippen molar-refractivity contribution in [2.24, 2.45) is 5.92 Å². The van der Waals surface area contributed by atoms with Gasteiger partial charge >= 0.3 is 0 Å². The second kappa shape index (κ2) is 6.61. The molecule has 2 atom stereocenters. The first-order valence-electron chi connectivity index (χ1n) is 7.96. The van der Waals surface area contributed by atoms with Crippen LogP contribution in [0, 0.1) is 11.7 Å². The molecule has 22 heavy (non-hydrogen) atoms. The molecule has 0 unspecified atom stereocenters. The Morgan fingerprint density at radius 2 is 2.00 bits per heavy atom. The Labute approximate surface area is 130 Å². The molecule has 0 bridgehead atoms. The van der Waals surface area contributed by atoms with Crippen LogP contribution in [0.25, 0.3) is 0 Å². The first-order valence-corrected chi connectivity index (χ1v) is 7.96. The van der Waals surface area contributed by atoms with Crippen LogP contribution in [0.5, 0.6) is 0 Å². The summed E-state index contributed by atoms with van der Waals surface area (Å²) in [6.07, 6.45) is 4.68. The zero-order valence-corrected chi connectivity index (χ0v) is 12.7. The maximum atomic E-state index is 12.9. The SMILES string of the molecule is C=CCOC1CCN(C(=O)[C@H]2C[C@@H]2c2ccc(F)cc2)CC1. The highest BCUT2D eigenvalue weighted by atomic mass is 19.1. The van der Waals surface area contributed by atoms with E-state index < -0.39 is 0 Å². The topological polar surface area (TPSA) is 29.5 Å². The van der Waals surface area contributed by atoms with E-state index in [2.05, 4.69) is 6.58 Å². The molecule has 1 heterocycles. The molecule has 4 heteroatoms. The van der Waals surface area contributed by atoms with Gasteiger partial charge in [0.05, 0.1) is 12.7 Å². The fourth-order valence-electron chi connectivity index (χ4n) is 3.23. The van der Waals surface area contributed by atoms with Crippen LogP contribution < -0.4 is 0 Å². The van der Waals surface area contributed by atoms with Crippen LogP contribution in [0.3, 0.4) is 0 Å². The predicted octanol–water partition coefficient (Wildman–Crippen LogP) is 3.12. The van der Waals surface area contributed by atoms with Crippen molar-refractivity contribution in [3.8, 4) is 0 Å². The molecular formula is C18H22FNO2. The molecule has 0 N–H and O–H groups in total. The fourth-order valence-corrected chi connectivity index (χ4v) is 3.23. The Bertz CT molecular complexity index is 535. The van der Waals surface area contributed by atoms with Crippen molar-refractivity contribution in [1.82, 2.24) is 4.90 Å². The summed E-state index contributed by atoms with van der Waals surface area (Å²) in [6, 6.07) is 6.53. The maximum Gasteiger partial charge on any atom is 0.226 e. The summed E-state index contributed by atoms with van der Waals surface area (Å²) >= 11 is 0. The first kappa shape index (κ1) is 15.2. The van der Waals surface area contributed by atoms with Gasteiger partial charge in [-0.25, -0.2) is 4.39 Å². The van der Waals surface area contributed by atoms with Gasteiger partial charge in [-0.2, -0.15) is 0 Å². The highest BCUT2D eigenvalue weighted by molar-refractivity contribution is 5.83. The van der Waals surface area contributed by atoms with Crippen LogP contribution in [0.1, 0.15) is 30.7 Å². The van der Waals surface area contributed by atoms with Gasteiger partial charge in [0.15, 0.2) is 0 Å². The van der Waals surface area contributed by atoms with Crippen molar-refractivity contribution in [3.63, 3.8) is 0 Å². The number of amides is 1. The van der Waals surface area contributed by atoms with E-state index in [1.165, 1.54) is 12.1 Å². The lowest BCUT2D eigenvalue weighted by molar-refractivity contribution is -0.135. The largest absolute Gasteiger partial charge is 0.374 e. The normalized spacial score (nSPS) is 25.0. The van der Waals surface area contributed by atoms with Gasteiger partial charge in [-0.3, -0.25) is 4.79 Å². The molecule has 1 aliphatic heterocycles. The summed E-state index contributed by atoms with van der Waals surface area (Å²) in [6.45, 7) is 5.77. The molecule has 0 aromatic heterocycles. The highest BCUT2D eigenvalue weighted by Gasteiger charge is 2.46. The number of likely N-dealkylation sites (tertiary alicyclic amines) is 1. The molecule has 3 rings (SSSR count). The van der Waals surface area contributed by atoms with Crippen LogP contribution >= 0.6 is 0 Å². The molecule has 0 radical (unpaired) electrons. The minimum Gasteiger partial charge on any atom is -0.374 e. The third-order valence-electron chi connectivity index (χ3n) is 4.61. The van der Waals surface area contributed by atoms with Crippen molar-refractivity contribution in [3.05, 3.63) is 48.3 Å². The number of hydrogen-bond donors (Lipinski definition) is 0. The molecule has 1 aliphatic carbocycles. The molecule has 1 aromatic carbocycles. The van der Waals surface area contributed by atoms with Gasteiger partial charge in [0.2, 0.25) is 5.91 Å². The Kier molecular flexibility index (Phi) is 4.57. The van der Waals surface area contributed by atoms with E-state index in [1.807, 2.05) is 4.90 Å². The second-order valence-corrected chi connectivity index (χ2v) is 6.15. The molecule has 118 valence electrons. The van der Waals surface area contributed by atoms with Gasteiger partial charge < -0.3 is 9.64 Å². The maximum absolute atomic E-state index is 12.9. The van der Waals surface area contributed by atoms with Crippen LogP contribution in [-0.2, 0) is 9.53 Å². The molecule has 1 saturated heterocycles. The number of carbonyl (C=O) groups excluding carboxylic acids is 1. The zero-order valence-electron chi connectivity index (χ0n) is 12.7. The van der Waals surface area contributed by atoms with E-state index in [1.54, 1.807) is 18.2 Å². The molecule has 1 amide bonds. The number of nitrogens with zero attached hydrogens (tertiary/aromatic N) is 1. The second-order valence-electron chi connectivity index (χ2n) is 6.15. The minimum atomic E-state index is -0.228. The predicted molar refractivity (Wildman–Crippen MR) is 83.0 cm³/mol. The lowest BCUT2D eigenvalue weighted by atomic mass is 10.1. The number of ether oxygens (including phenoxy) is 1. The van der Waals surface area contributed by atoms with Crippen molar-refractivity contribution in [2.75, 3.05) is 19.7 Å². The molecular weight excluding hydrogens is 281 g/mol. The monoisotopic (exact) mass is 303 g/mol. The summed E-state index contributed by atoms with van der Waals surface area (Å²) in [5, 5.41) is 0. The van der Waals surface area contributed by atoms with Gasteiger partial charge in [0.1, 0.15) is 5.82 Å². The number of halogens is 1. The molecule has 3 nitrogen and oxygen atoms in total. The van der Waals surface area contributed by atoms with E-state index in [0.29, 0.717) is 6.61 Å². The Hall–Kier alpha value is -1.68. The number of piperidine rings is 1. The highest BCUT2D eigenvalue weighted by Crippen LogP contribution is 2.48. The number of hydrogen-bond acceptors (Lipinski definition) is 2. The van der Waals surface area contributed by atoms with E-state index in [4.69, 9.17) is 4.74 Å². The van der Waals surface area contributed by atoms with Crippen molar-refractivity contribution >= 4 is 5.91 Å². The third-order valence-corrected chi connectivity index (χ3v) is 4.61. The van der Waals surface area contributed by atoms with Crippen LogP contribution in [-0.4, -0.2) is 36.6 Å². The van der Waals surface area contributed by atoms with Crippen molar-refractivity contribution in [2.45, 2.75) is 31.3 Å². The van der Waals surface area contributed by atoms with Gasteiger partial charge in [0.25, 0.3) is 0 Å². The summed E-state index contributed by atoms with van der Waals surface area (Å²) in [7, 11) is 0. The van der Waals surface area contributed by atoms with E-state index >= 15 is 0 Å². The molecule has 2 aliphatic rings. The zero-order chi connectivity index (χ0) is 15.5. The average Bonchev–Trinajstić information content (AvgIpc) is 3.34. The van der Waals surface area contributed by atoms with Crippen LogP contribution in [0.15, 0.2) is 36.9 Å². The van der Waals surface area contributed by atoms with E-state index in [0.717, 1.165) is 37.9 Å². The van der Waals surface area contributed by atoms with Gasteiger partial charge in [-0.1, -0.05) is 18.2 Å². The summed E-state index contributed by atoms with van der Waals surface area (Å²) < 4.78 is 18.6. The van der Waals surface area contributed by atoms with Crippen molar-refractivity contribution < 1.29 is 13.9 Å². The minimum absolute atomic E-state index is 0.0797. The molecule has 2 fully saturated rings. The quantitative estimate of drug-likeness (QED) is 0.782. The summed E-state index contributed by atoms with van der Waals surface area (Å²) in [5.41, 5.74) is 1.07. The molecule has 1 saturated carbocycles. The fraction of sp³-hybridized carbons (Fsp3) is 0.500. The summed E-state index contributed by atoms with van der Waals surface area (Å²) in [4.78, 5) is 14.5. The number of carbonyl (C=O) groups is 1. The van der Waals surface area contributed by atoms with Crippen LogP contribution in [0.4, 0.5) is 4.39 Å². The average molecular weight is 303 g/mol. The van der Waals surface area contributed by atoms with Gasteiger partial charge in [-0.15, -0.1) is 6.58 Å². The first-order chi connectivity index (χ1) is 10.7. The van der Waals surface area contributed by atoms with E-state index in [9.17, 15) is 9.18 Å². The molecule has 1 aromatic rings. The third kappa shape index (κ3) is 3.38. The van der Waals surface area contributed by atoms with Gasteiger partial charge in [0, 0.05) is 19.0 Å². The van der Waals surface area contributed by atoms with Crippen molar-refractivity contribution in [1.29, 1.82) is 0 Å². The standard InChI is InChI=1S/C18H22FNO2/c1-2-11-22-15-7-9-20(10-8-15)18(21)17-12-16(17)13-3-5-14(19)6-4-13/h2-6,15-17H,1,7-12H2/t16-,17+/m1/s1. The van der Waals surface area contributed by atoms with Gasteiger partial charge in [-0.05, 0) is 42.9 Å². The molecule has 0 spiro atoms. The smallest absolute Gasteiger partial charge is 0.226 e. The Morgan fingerprint density at radius 1 is 1.32 bits per heavy atom. The Balaban J connectivity index is 1.49. The van der Waals surface area contributed by atoms with Crippen LogP contribution in [0.2, 0.25) is 0 Å².